The second-order valence-electron chi connectivity index (χ2n) is 4.28. The lowest BCUT2D eigenvalue weighted by atomic mass is 10.0. The molecule has 0 spiro atoms. The highest BCUT2D eigenvalue weighted by molar-refractivity contribution is 6.17. The molecule has 0 aliphatic carbocycles. The van der Waals surface area contributed by atoms with Crippen LogP contribution in [0.15, 0.2) is 24.3 Å². The smallest absolute Gasteiger partial charge is 0.252 e. The molecule has 17 heavy (non-hydrogen) atoms. The van der Waals surface area contributed by atoms with Gasteiger partial charge in [-0.3, -0.25) is 9.59 Å². The fourth-order valence-electron chi connectivity index (χ4n) is 1.21. The molecule has 0 unspecified atom stereocenters. The molecular weight excluding hydrogens is 240 g/mol. The summed E-state index contributed by atoms with van der Waals surface area (Å²) in [4.78, 5) is 23.0. The Balaban J connectivity index is 2.86. The summed E-state index contributed by atoms with van der Waals surface area (Å²) < 4.78 is 0. The van der Waals surface area contributed by atoms with E-state index in [1.165, 1.54) is 0 Å². The van der Waals surface area contributed by atoms with Crippen LogP contribution in [0, 0.1) is 0 Å². The quantitative estimate of drug-likeness (QED) is 0.798. The summed E-state index contributed by atoms with van der Waals surface area (Å²) in [5.74, 6) is -0.597. The van der Waals surface area contributed by atoms with E-state index in [0.29, 0.717) is 11.4 Å². The third-order valence-corrected chi connectivity index (χ3v) is 2.69. The number of hydrogen-bond donors (Lipinski definition) is 2. The fourth-order valence-corrected chi connectivity index (χ4v) is 1.38. The minimum absolute atomic E-state index is 0.334. The number of benzene rings is 1. The number of primary amides is 1. The molecule has 0 bridgehead atoms. The van der Waals surface area contributed by atoms with Crippen LogP contribution in [0.2, 0.25) is 0 Å². The van der Waals surface area contributed by atoms with Crippen molar-refractivity contribution in [1.29, 1.82) is 0 Å². The average molecular weight is 255 g/mol. The van der Waals surface area contributed by atoms with Crippen molar-refractivity contribution in [1.82, 2.24) is 5.32 Å². The SMILES string of the molecule is CC(C)(NC(=O)c1cccc(CCl)c1)C(N)=O. The number of rotatable bonds is 4. The molecule has 0 aromatic heterocycles. The van der Waals surface area contributed by atoms with Crippen molar-refractivity contribution in [2.24, 2.45) is 5.73 Å². The Morgan fingerprint density at radius 1 is 1.41 bits per heavy atom. The molecule has 0 saturated carbocycles. The molecule has 2 amide bonds. The molecule has 1 rings (SSSR count). The zero-order valence-electron chi connectivity index (χ0n) is 9.79. The molecular formula is C12H15ClN2O2. The number of alkyl halides is 1. The van der Waals surface area contributed by atoms with Crippen molar-refractivity contribution >= 4 is 23.4 Å². The third-order valence-electron chi connectivity index (χ3n) is 2.39. The van der Waals surface area contributed by atoms with Gasteiger partial charge in [0.15, 0.2) is 0 Å². The van der Waals surface area contributed by atoms with Gasteiger partial charge in [0.1, 0.15) is 5.54 Å². The molecule has 0 aliphatic heterocycles. The van der Waals surface area contributed by atoms with Gasteiger partial charge in [0.2, 0.25) is 5.91 Å². The minimum Gasteiger partial charge on any atom is -0.368 e. The third kappa shape index (κ3) is 3.46. The van der Waals surface area contributed by atoms with Crippen molar-refractivity contribution < 1.29 is 9.59 Å². The van der Waals surface area contributed by atoms with E-state index in [1.54, 1.807) is 32.0 Å². The highest BCUT2D eigenvalue weighted by Crippen LogP contribution is 2.09. The van der Waals surface area contributed by atoms with E-state index in [1.807, 2.05) is 6.07 Å². The van der Waals surface area contributed by atoms with Crippen LogP contribution in [0.5, 0.6) is 0 Å². The van der Waals surface area contributed by atoms with E-state index < -0.39 is 11.4 Å². The maximum atomic E-state index is 11.9. The van der Waals surface area contributed by atoms with Gasteiger partial charge < -0.3 is 11.1 Å². The van der Waals surface area contributed by atoms with E-state index in [9.17, 15) is 9.59 Å². The summed E-state index contributed by atoms with van der Waals surface area (Å²) in [6.45, 7) is 3.11. The molecule has 0 saturated heterocycles. The van der Waals surface area contributed by atoms with Gasteiger partial charge in [-0.1, -0.05) is 12.1 Å². The largest absolute Gasteiger partial charge is 0.368 e. The Morgan fingerprint density at radius 3 is 2.59 bits per heavy atom. The maximum Gasteiger partial charge on any atom is 0.252 e. The maximum absolute atomic E-state index is 11.9. The van der Waals surface area contributed by atoms with E-state index >= 15 is 0 Å². The van der Waals surface area contributed by atoms with Gasteiger partial charge >= 0.3 is 0 Å². The average Bonchev–Trinajstić information content (AvgIpc) is 2.28. The molecule has 1 aromatic carbocycles. The number of nitrogens with one attached hydrogen (secondary N) is 1. The lowest BCUT2D eigenvalue weighted by Crippen LogP contribution is -2.53. The summed E-state index contributed by atoms with van der Waals surface area (Å²) in [6.07, 6.45) is 0. The lowest BCUT2D eigenvalue weighted by Gasteiger charge is -2.22. The number of carbonyl (C=O) groups is 2. The Morgan fingerprint density at radius 2 is 2.06 bits per heavy atom. The predicted molar refractivity (Wildman–Crippen MR) is 66.7 cm³/mol. The lowest BCUT2D eigenvalue weighted by molar-refractivity contribution is -0.122. The summed E-state index contributed by atoms with van der Waals surface area (Å²) in [5, 5.41) is 2.57. The van der Waals surface area contributed by atoms with E-state index in [4.69, 9.17) is 17.3 Å². The van der Waals surface area contributed by atoms with Gasteiger partial charge in [0.05, 0.1) is 0 Å². The van der Waals surface area contributed by atoms with Crippen LogP contribution in [0.3, 0.4) is 0 Å². The molecule has 1 aromatic rings. The van der Waals surface area contributed by atoms with Crippen LogP contribution in [0.1, 0.15) is 29.8 Å². The number of halogens is 1. The van der Waals surface area contributed by atoms with Gasteiger partial charge in [0.25, 0.3) is 5.91 Å². The van der Waals surface area contributed by atoms with Crippen LogP contribution in [-0.4, -0.2) is 17.4 Å². The van der Waals surface area contributed by atoms with Gasteiger partial charge in [-0.15, -0.1) is 11.6 Å². The van der Waals surface area contributed by atoms with E-state index in [-0.39, 0.29) is 5.91 Å². The van der Waals surface area contributed by atoms with Gasteiger partial charge in [-0.2, -0.15) is 0 Å². The second kappa shape index (κ2) is 5.19. The first kappa shape index (κ1) is 13.5. The Hall–Kier alpha value is -1.55. The Kier molecular flexibility index (Phi) is 4.12. The van der Waals surface area contributed by atoms with Crippen LogP contribution >= 0.6 is 11.6 Å². The van der Waals surface area contributed by atoms with Crippen molar-refractivity contribution in [3.63, 3.8) is 0 Å². The second-order valence-corrected chi connectivity index (χ2v) is 4.54. The van der Waals surface area contributed by atoms with Crippen molar-refractivity contribution in [2.45, 2.75) is 25.3 Å². The number of amides is 2. The summed E-state index contributed by atoms with van der Waals surface area (Å²) in [7, 11) is 0. The molecule has 0 heterocycles. The van der Waals surface area contributed by atoms with E-state index in [0.717, 1.165) is 5.56 Å². The number of hydrogen-bond acceptors (Lipinski definition) is 2. The van der Waals surface area contributed by atoms with Gasteiger partial charge in [-0.05, 0) is 31.5 Å². The molecule has 0 radical (unpaired) electrons. The van der Waals surface area contributed by atoms with Gasteiger partial charge in [0, 0.05) is 11.4 Å². The Bertz CT molecular complexity index is 444. The first-order valence-corrected chi connectivity index (χ1v) is 5.67. The topological polar surface area (TPSA) is 72.2 Å². The Labute approximate surface area is 105 Å². The normalized spacial score (nSPS) is 11.0. The molecule has 0 fully saturated rings. The van der Waals surface area contributed by atoms with Crippen LogP contribution in [0.25, 0.3) is 0 Å². The summed E-state index contributed by atoms with van der Waals surface area (Å²) >= 11 is 5.68. The molecule has 0 atom stereocenters. The number of carbonyl (C=O) groups excluding carboxylic acids is 2. The zero-order chi connectivity index (χ0) is 13.1. The molecule has 3 N–H and O–H groups in total. The number of nitrogens with two attached hydrogens (primary N) is 1. The molecule has 92 valence electrons. The summed E-state index contributed by atoms with van der Waals surface area (Å²) in [6, 6.07) is 6.90. The van der Waals surface area contributed by atoms with Crippen molar-refractivity contribution in [3.05, 3.63) is 35.4 Å². The van der Waals surface area contributed by atoms with Crippen molar-refractivity contribution in [3.8, 4) is 0 Å². The molecule has 5 heteroatoms. The van der Waals surface area contributed by atoms with Crippen LogP contribution in [-0.2, 0) is 10.7 Å². The monoisotopic (exact) mass is 254 g/mol. The van der Waals surface area contributed by atoms with Crippen LogP contribution in [0.4, 0.5) is 0 Å². The fraction of sp³-hybridized carbons (Fsp3) is 0.333. The minimum atomic E-state index is -1.08. The predicted octanol–water partition coefficient (Wildman–Crippen LogP) is 1.42. The van der Waals surface area contributed by atoms with Gasteiger partial charge in [-0.25, -0.2) is 0 Å². The molecule has 0 aliphatic rings. The van der Waals surface area contributed by atoms with E-state index in [2.05, 4.69) is 5.32 Å². The highest BCUT2D eigenvalue weighted by Gasteiger charge is 2.27. The first-order chi connectivity index (χ1) is 7.86. The van der Waals surface area contributed by atoms with Crippen molar-refractivity contribution in [2.75, 3.05) is 0 Å². The standard InChI is InChI=1S/C12H15ClN2O2/c1-12(2,11(14)17)15-10(16)9-5-3-4-8(6-9)7-13/h3-6H,7H2,1-2H3,(H2,14,17)(H,15,16). The zero-order valence-corrected chi connectivity index (χ0v) is 10.5. The first-order valence-electron chi connectivity index (χ1n) is 5.14. The summed E-state index contributed by atoms with van der Waals surface area (Å²) in [5.41, 5.74) is 5.40. The van der Waals surface area contributed by atoms with Crippen LogP contribution < -0.4 is 11.1 Å². The highest BCUT2D eigenvalue weighted by atomic mass is 35.5. The molecule has 4 nitrogen and oxygen atoms in total.